The Kier molecular flexibility index (Phi) is 3.39. The summed E-state index contributed by atoms with van der Waals surface area (Å²) in [5, 5.41) is 9.72. The van der Waals surface area contributed by atoms with E-state index in [9.17, 15) is 5.11 Å². The van der Waals surface area contributed by atoms with Crippen LogP contribution in [0.1, 0.15) is 50.2 Å². The lowest BCUT2D eigenvalue weighted by molar-refractivity contribution is 0.128. The molecule has 1 aromatic rings. The van der Waals surface area contributed by atoms with E-state index in [1.54, 1.807) is 0 Å². The minimum atomic E-state index is -0.171. The Bertz CT molecular complexity index is 415. The smallest absolute Gasteiger partial charge is 0.126 e. The molecule has 2 aliphatic rings. The maximum Gasteiger partial charge on any atom is 0.126 e. The average molecular weight is 249 g/mol. The maximum absolute atomic E-state index is 9.72. The molecule has 1 fully saturated rings. The number of aromatic nitrogens is 2. The van der Waals surface area contributed by atoms with Crippen molar-refractivity contribution in [3.63, 3.8) is 0 Å². The van der Waals surface area contributed by atoms with Crippen LogP contribution in [0.2, 0.25) is 0 Å². The first-order chi connectivity index (χ1) is 8.79. The number of aliphatic hydroxyl groups excluding tert-OH is 1. The topological polar surface area (TPSA) is 41.3 Å². The van der Waals surface area contributed by atoms with Gasteiger partial charge < -0.3 is 9.67 Å². The molecule has 18 heavy (non-hydrogen) atoms. The number of piperidine rings is 1. The summed E-state index contributed by atoms with van der Waals surface area (Å²) in [6.07, 6.45) is 7.30. The molecule has 100 valence electrons. The molecule has 0 bridgehead atoms. The van der Waals surface area contributed by atoms with Crippen molar-refractivity contribution in [3.8, 4) is 0 Å². The summed E-state index contributed by atoms with van der Waals surface area (Å²) in [7, 11) is 0. The number of hydrogen-bond donors (Lipinski definition) is 1. The van der Waals surface area contributed by atoms with Crippen molar-refractivity contribution < 1.29 is 5.11 Å². The predicted octanol–water partition coefficient (Wildman–Crippen LogP) is 1.74. The molecule has 0 radical (unpaired) electrons. The average Bonchev–Trinajstić information content (AvgIpc) is 2.81. The van der Waals surface area contributed by atoms with Crippen LogP contribution in [0.5, 0.6) is 0 Å². The molecule has 4 nitrogen and oxygen atoms in total. The third-order valence-electron chi connectivity index (χ3n) is 4.42. The van der Waals surface area contributed by atoms with E-state index >= 15 is 0 Å². The van der Waals surface area contributed by atoms with Crippen molar-refractivity contribution in [1.82, 2.24) is 14.5 Å². The second-order valence-electron chi connectivity index (χ2n) is 5.55. The van der Waals surface area contributed by atoms with E-state index in [0.717, 1.165) is 25.9 Å². The van der Waals surface area contributed by atoms with E-state index in [1.165, 1.54) is 37.3 Å². The van der Waals surface area contributed by atoms with Crippen molar-refractivity contribution in [1.29, 1.82) is 0 Å². The van der Waals surface area contributed by atoms with Crippen LogP contribution in [0.3, 0.4) is 0 Å². The van der Waals surface area contributed by atoms with Crippen molar-refractivity contribution in [3.05, 3.63) is 17.7 Å². The first kappa shape index (κ1) is 12.2. The third kappa shape index (κ3) is 2.08. The fraction of sp³-hybridized carbons (Fsp3) is 0.786. The van der Waals surface area contributed by atoms with Gasteiger partial charge in [0.05, 0.1) is 12.1 Å². The maximum atomic E-state index is 9.72. The zero-order chi connectivity index (χ0) is 12.5. The summed E-state index contributed by atoms with van der Waals surface area (Å²) < 4.78 is 2.35. The lowest BCUT2D eigenvalue weighted by atomic mass is 10.0. The number of hydrogen-bond acceptors (Lipinski definition) is 3. The van der Waals surface area contributed by atoms with Gasteiger partial charge in [0, 0.05) is 24.9 Å². The van der Waals surface area contributed by atoms with E-state index in [0.29, 0.717) is 6.04 Å². The Balaban J connectivity index is 1.87. The highest BCUT2D eigenvalue weighted by atomic mass is 16.3. The van der Waals surface area contributed by atoms with Gasteiger partial charge in [-0.1, -0.05) is 13.3 Å². The van der Waals surface area contributed by atoms with Crippen molar-refractivity contribution >= 4 is 0 Å². The Labute approximate surface area is 109 Å². The standard InChI is InChI=1S/C14H23N3O/c1-2-16-7-4-3-5-13(16)14-15-10-11-9-12(18)6-8-17(11)14/h10,12-13,18H,2-9H2,1H3. The molecule has 2 aliphatic heterocycles. The monoisotopic (exact) mass is 249 g/mol. The van der Waals surface area contributed by atoms with E-state index in [2.05, 4.69) is 21.4 Å². The van der Waals surface area contributed by atoms with Crippen LogP contribution >= 0.6 is 0 Å². The molecular weight excluding hydrogens is 226 g/mol. The van der Waals surface area contributed by atoms with E-state index in [-0.39, 0.29) is 6.10 Å². The van der Waals surface area contributed by atoms with Gasteiger partial charge in [0.25, 0.3) is 0 Å². The lowest BCUT2D eigenvalue weighted by Crippen LogP contribution is -2.35. The second kappa shape index (κ2) is 5.02. The van der Waals surface area contributed by atoms with E-state index in [4.69, 9.17) is 0 Å². The van der Waals surface area contributed by atoms with Crippen LogP contribution in [0.4, 0.5) is 0 Å². The second-order valence-corrected chi connectivity index (χ2v) is 5.55. The van der Waals surface area contributed by atoms with E-state index < -0.39 is 0 Å². The number of fused-ring (bicyclic) bond motifs is 1. The molecule has 3 rings (SSSR count). The SMILES string of the molecule is CCN1CCCCC1c1ncc2n1CCC(O)C2. The highest BCUT2D eigenvalue weighted by Gasteiger charge is 2.29. The van der Waals surface area contributed by atoms with Crippen molar-refractivity contribution in [2.75, 3.05) is 13.1 Å². The molecule has 0 spiro atoms. The van der Waals surface area contributed by atoms with Gasteiger partial charge in [-0.25, -0.2) is 4.98 Å². The first-order valence-corrected chi connectivity index (χ1v) is 7.26. The zero-order valence-corrected chi connectivity index (χ0v) is 11.2. The summed E-state index contributed by atoms with van der Waals surface area (Å²) in [4.78, 5) is 7.21. The van der Waals surface area contributed by atoms with Crippen LogP contribution in [0.15, 0.2) is 6.20 Å². The van der Waals surface area contributed by atoms with Gasteiger partial charge in [-0.15, -0.1) is 0 Å². The first-order valence-electron chi connectivity index (χ1n) is 7.26. The molecule has 2 atom stereocenters. The van der Waals surface area contributed by atoms with Crippen LogP contribution in [0, 0.1) is 0 Å². The highest BCUT2D eigenvalue weighted by Crippen LogP contribution is 2.31. The molecule has 0 aromatic carbocycles. The van der Waals surface area contributed by atoms with Crippen LogP contribution in [0.25, 0.3) is 0 Å². The van der Waals surface area contributed by atoms with E-state index in [1.807, 2.05) is 6.20 Å². The molecule has 0 aliphatic carbocycles. The molecule has 2 unspecified atom stereocenters. The summed E-state index contributed by atoms with van der Waals surface area (Å²) in [5.41, 5.74) is 1.21. The van der Waals surface area contributed by atoms with Gasteiger partial charge in [0.2, 0.25) is 0 Å². The van der Waals surface area contributed by atoms with Gasteiger partial charge in [0.1, 0.15) is 5.82 Å². The molecule has 0 saturated carbocycles. The molecular formula is C14H23N3O. The molecule has 1 aromatic heterocycles. The number of rotatable bonds is 2. The normalized spacial score (nSPS) is 29.2. The number of likely N-dealkylation sites (tertiary alicyclic amines) is 1. The number of imidazole rings is 1. The van der Waals surface area contributed by atoms with Crippen molar-refractivity contribution in [2.45, 2.75) is 57.7 Å². The number of aliphatic hydroxyl groups is 1. The molecule has 1 N–H and O–H groups in total. The molecule has 0 amide bonds. The van der Waals surface area contributed by atoms with Crippen molar-refractivity contribution in [2.24, 2.45) is 0 Å². The molecule has 1 saturated heterocycles. The van der Waals surface area contributed by atoms with Gasteiger partial charge in [-0.3, -0.25) is 4.90 Å². The third-order valence-corrected chi connectivity index (χ3v) is 4.42. The fourth-order valence-corrected chi connectivity index (χ4v) is 3.40. The largest absolute Gasteiger partial charge is 0.393 e. The van der Waals surface area contributed by atoms with Crippen LogP contribution < -0.4 is 0 Å². The summed E-state index contributed by atoms with van der Waals surface area (Å²) in [5.74, 6) is 1.23. The van der Waals surface area contributed by atoms with Gasteiger partial charge in [0.15, 0.2) is 0 Å². The minimum Gasteiger partial charge on any atom is -0.393 e. The predicted molar refractivity (Wildman–Crippen MR) is 70.4 cm³/mol. The Morgan fingerprint density at radius 3 is 3.06 bits per heavy atom. The molecule has 4 heteroatoms. The summed E-state index contributed by atoms with van der Waals surface area (Å²) in [6.45, 7) is 5.48. The van der Waals surface area contributed by atoms with Crippen LogP contribution in [-0.2, 0) is 13.0 Å². The van der Waals surface area contributed by atoms with Gasteiger partial charge in [-0.2, -0.15) is 0 Å². The van der Waals surface area contributed by atoms with Gasteiger partial charge >= 0.3 is 0 Å². The highest BCUT2D eigenvalue weighted by molar-refractivity contribution is 5.13. The zero-order valence-electron chi connectivity index (χ0n) is 11.2. The minimum absolute atomic E-state index is 0.171. The summed E-state index contributed by atoms with van der Waals surface area (Å²) >= 11 is 0. The quantitative estimate of drug-likeness (QED) is 0.868. The lowest BCUT2D eigenvalue weighted by Gasteiger charge is -2.35. The Morgan fingerprint density at radius 2 is 2.22 bits per heavy atom. The van der Waals surface area contributed by atoms with Gasteiger partial charge in [-0.05, 0) is 32.4 Å². The Hall–Kier alpha value is -0.870. The fourth-order valence-electron chi connectivity index (χ4n) is 3.40. The molecule has 3 heterocycles. The summed E-state index contributed by atoms with van der Waals surface area (Å²) in [6, 6.07) is 0.493. The number of nitrogens with zero attached hydrogens (tertiary/aromatic N) is 3. The van der Waals surface area contributed by atoms with Crippen LogP contribution in [-0.4, -0.2) is 38.8 Å². The Morgan fingerprint density at radius 1 is 1.33 bits per heavy atom.